The Morgan fingerprint density at radius 2 is 1.87 bits per heavy atom. The lowest BCUT2D eigenvalue weighted by atomic mass is 10.1. The lowest BCUT2D eigenvalue weighted by Gasteiger charge is -2.04. The van der Waals surface area contributed by atoms with Crippen LogP contribution in [-0.4, -0.2) is 11.6 Å². The van der Waals surface area contributed by atoms with Crippen LogP contribution < -0.4 is 5.43 Å². The molecule has 3 heteroatoms. The summed E-state index contributed by atoms with van der Waals surface area (Å²) in [5.41, 5.74) is 4.35. The lowest BCUT2D eigenvalue weighted by molar-refractivity contribution is -0.123. The quantitative estimate of drug-likeness (QED) is 0.595. The topological polar surface area (TPSA) is 41.5 Å². The van der Waals surface area contributed by atoms with E-state index < -0.39 is 0 Å². The van der Waals surface area contributed by atoms with E-state index in [0.717, 1.165) is 11.3 Å². The van der Waals surface area contributed by atoms with Crippen LogP contribution in [0.4, 0.5) is 0 Å². The fourth-order valence-electron chi connectivity index (χ4n) is 1.01. The van der Waals surface area contributed by atoms with Crippen LogP contribution in [0.15, 0.2) is 35.4 Å². The molecule has 1 aromatic rings. The molecule has 15 heavy (non-hydrogen) atoms. The molecule has 0 saturated carbocycles. The van der Waals surface area contributed by atoms with Crippen molar-refractivity contribution in [3.05, 3.63) is 35.9 Å². The number of hydrogen-bond acceptors (Lipinski definition) is 2. The first-order chi connectivity index (χ1) is 7.11. The van der Waals surface area contributed by atoms with Gasteiger partial charge in [-0.05, 0) is 12.5 Å². The largest absolute Gasteiger partial charge is 0.273 e. The van der Waals surface area contributed by atoms with Gasteiger partial charge in [0.15, 0.2) is 0 Å². The predicted octanol–water partition coefficient (Wildman–Crippen LogP) is 2.18. The molecule has 1 amide bonds. The Morgan fingerprint density at radius 1 is 1.27 bits per heavy atom. The molecular weight excluding hydrogens is 188 g/mol. The zero-order valence-electron chi connectivity index (χ0n) is 9.32. The molecule has 0 aliphatic rings. The molecule has 0 aliphatic carbocycles. The van der Waals surface area contributed by atoms with E-state index in [-0.39, 0.29) is 11.8 Å². The van der Waals surface area contributed by atoms with Gasteiger partial charge in [-0.15, -0.1) is 0 Å². The molecule has 1 N–H and O–H groups in total. The molecular formula is C12H16N2O. The van der Waals surface area contributed by atoms with Crippen LogP contribution in [0, 0.1) is 5.92 Å². The Kier molecular flexibility index (Phi) is 4.03. The number of nitrogens with zero attached hydrogens (tertiary/aromatic N) is 1. The third-order valence-corrected chi connectivity index (χ3v) is 2.05. The van der Waals surface area contributed by atoms with Gasteiger partial charge in [0.05, 0.1) is 5.71 Å². The molecule has 1 aromatic carbocycles. The smallest absolute Gasteiger partial charge is 0.242 e. The number of amides is 1. The van der Waals surface area contributed by atoms with E-state index in [1.54, 1.807) is 0 Å². The molecule has 0 fully saturated rings. The normalized spacial score (nSPS) is 11.6. The van der Waals surface area contributed by atoms with E-state index in [1.807, 2.05) is 51.1 Å². The van der Waals surface area contributed by atoms with Gasteiger partial charge in [-0.25, -0.2) is 5.43 Å². The Bertz CT molecular complexity index is 355. The molecule has 0 heterocycles. The molecule has 0 aliphatic heterocycles. The second-order valence-electron chi connectivity index (χ2n) is 3.69. The minimum absolute atomic E-state index is 0.0441. The summed E-state index contributed by atoms with van der Waals surface area (Å²) in [6.45, 7) is 5.54. The van der Waals surface area contributed by atoms with Crippen LogP contribution in [-0.2, 0) is 4.79 Å². The molecule has 0 unspecified atom stereocenters. The summed E-state index contributed by atoms with van der Waals surface area (Å²) in [4.78, 5) is 11.3. The molecule has 80 valence electrons. The average Bonchev–Trinajstić information content (AvgIpc) is 2.26. The van der Waals surface area contributed by atoms with E-state index in [1.165, 1.54) is 0 Å². The molecule has 0 atom stereocenters. The number of hydrogen-bond donors (Lipinski definition) is 1. The highest BCUT2D eigenvalue weighted by molar-refractivity contribution is 5.99. The highest BCUT2D eigenvalue weighted by Gasteiger charge is 2.04. The summed E-state index contributed by atoms with van der Waals surface area (Å²) in [5, 5.41) is 4.03. The second kappa shape index (κ2) is 5.29. The van der Waals surface area contributed by atoms with Crippen molar-refractivity contribution in [2.75, 3.05) is 0 Å². The molecule has 0 aromatic heterocycles. The van der Waals surface area contributed by atoms with Crippen molar-refractivity contribution in [1.29, 1.82) is 0 Å². The summed E-state index contributed by atoms with van der Waals surface area (Å²) in [7, 11) is 0. The summed E-state index contributed by atoms with van der Waals surface area (Å²) in [6.07, 6.45) is 0. The standard InChI is InChI=1S/C12H16N2O/c1-9(2)12(15)14-13-10(3)11-7-5-4-6-8-11/h4-9H,1-3H3,(H,14,15). The maximum atomic E-state index is 11.3. The van der Waals surface area contributed by atoms with Gasteiger partial charge in [-0.3, -0.25) is 4.79 Å². The lowest BCUT2D eigenvalue weighted by Crippen LogP contribution is -2.23. The highest BCUT2D eigenvalue weighted by Crippen LogP contribution is 2.00. The van der Waals surface area contributed by atoms with Gasteiger partial charge in [-0.2, -0.15) is 5.10 Å². The SMILES string of the molecule is CC(=NNC(=O)C(C)C)c1ccccc1. The first kappa shape index (κ1) is 11.4. The number of rotatable bonds is 3. The summed E-state index contributed by atoms with van der Waals surface area (Å²) < 4.78 is 0. The summed E-state index contributed by atoms with van der Waals surface area (Å²) >= 11 is 0. The first-order valence-corrected chi connectivity index (χ1v) is 5.01. The van der Waals surface area contributed by atoms with Crippen LogP contribution in [0.5, 0.6) is 0 Å². The molecule has 0 saturated heterocycles. The van der Waals surface area contributed by atoms with Crippen molar-refractivity contribution in [3.63, 3.8) is 0 Å². The number of carbonyl (C=O) groups excluding carboxylic acids is 1. The molecule has 0 radical (unpaired) electrons. The minimum atomic E-state index is -0.0646. The maximum absolute atomic E-state index is 11.3. The van der Waals surface area contributed by atoms with Gasteiger partial charge in [-0.1, -0.05) is 44.2 Å². The summed E-state index contributed by atoms with van der Waals surface area (Å²) in [5.74, 6) is -0.109. The Balaban J connectivity index is 2.65. The van der Waals surface area contributed by atoms with Gasteiger partial charge in [0, 0.05) is 5.92 Å². The average molecular weight is 204 g/mol. The van der Waals surface area contributed by atoms with E-state index in [0.29, 0.717) is 0 Å². The van der Waals surface area contributed by atoms with E-state index >= 15 is 0 Å². The van der Waals surface area contributed by atoms with Gasteiger partial charge < -0.3 is 0 Å². The monoisotopic (exact) mass is 204 g/mol. The van der Waals surface area contributed by atoms with Crippen LogP contribution in [0.1, 0.15) is 26.3 Å². The fourth-order valence-corrected chi connectivity index (χ4v) is 1.01. The van der Waals surface area contributed by atoms with Crippen LogP contribution >= 0.6 is 0 Å². The Morgan fingerprint density at radius 3 is 2.40 bits per heavy atom. The fraction of sp³-hybridized carbons (Fsp3) is 0.333. The van der Waals surface area contributed by atoms with E-state index in [2.05, 4.69) is 10.5 Å². The van der Waals surface area contributed by atoms with Crippen LogP contribution in [0.25, 0.3) is 0 Å². The zero-order valence-corrected chi connectivity index (χ0v) is 9.32. The van der Waals surface area contributed by atoms with Crippen molar-refractivity contribution in [2.24, 2.45) is 11.0 Å². The van der Waals surface area contributed by atoms with Crippen molar-refractivity contribution in [1.82, 2.24) is 5.43 Å². The molecule has 0 bridgehead atoms. The first-order valence-electron chi connectivity index (χ1n) is 5.01. The van der Waals surface area contributed by atoms with Crippen molar-refractivity contribution < 1.29 is 4.79 Å². The minimum Gasteiger partial charge on any atom is -0.273 e. The Hall–Kier alpha value is -1.64. The number of carbonyl (C=O) groups is 1. The van der Waals surface area contributed by atoms with Crippen molar-refractivity contribution >= 4 is 11.6 Å². The van der Waals surface area contributed by atoms with Crippen LogP contribution in [0.3, 0.4) is 0 Å². The summed E-state index contributed by atoms with van der Waals surface area (Å²) in [6, 6.07) is 9.75. The third kappa shape index (κ3) is 3.54. The predicted molar refractivity (Wildman–Crippen MR) is 61.6 cm³/mol. The van der Waals surface area contributed by atoms with Gasteiger partial charge in [0.1, 0.15) is 0 Å². The highest BCUT2D eigenvalue weighted by atomic mass is 16.2. The molecule has 1 rings (SSSR count). The number of benzene rings is 1. The van der Waals surface area contributed by atoms with E-state index in [9.17, 15) is 4.79 Å². The van der Waals surface area contributed by atoms with Gasteiger partial charge >= 0.3 is 0 Å². The van der Waals surface area contributed by atoms with Gasteiger partial charge in [0.2, 0.25) is 5.91 Å². The molecule has 0 spiro atoms. The molecule has 3 nitrogen and oxygen atoms in total. The van der Waals surface area contributed by atoms with Gasteiger partial charge in [0.25, 0.3) is 0 Å². The second-order valence-corrected chi connectivity index (χ2v) is 3.69. The van der Waals surface area contributed by atoms with Crippen LogP contribution in [0.2, 0.25) is 0 Å². The zero-order chi connectivity index (χ0) is 11.3. The maximum Gasteiger partial charge on any atom is 0.242 e. The Labute approximate surface area is 90.2 Å². The van der Waals surface area contributed by atoms with Crippen molar-refractivity contribution in [2.45, 2.75) is 20.8 Å². The number of nitrogens with one attached hydrogen (secondary N) is 1. The third-order valence-electron chi connectivity index (χ3n) is 2.05. The van der Waals surface area contributed by atoms with E-state index in [4.69, 9.17) is 0 Å². The number of hydrazone groups is 1. The van der Waals surface area contributed by atoms with Crippen molar-refractivity contribution in [3.8, 4) is 0 Å².